The second-order valence-corrected chi connectivity index (χ2v) is 4.73. The van der Waals surface area contributed by atoms with Gasteiger partial charge in [0.25, 0.3) is 0 Å². The first-order valence-electron chi connectivity index (χ1n) is 6.46. The van der Waals surface area contributed by atoms with E-state index < -0.39 is 18.2 Å². The van der Waals surface area contributed by atoms with Crippen LogP contribution in [0.5, 0.6) is 5.75 Å². The molecular formula is C16H13F3O3. The molecule has 0 aliphatic carbocycles. The summed E-state index contributed by atoms with van der Waals surface area (Å²) < 4.78 is 41.4. The summed E-state index contributed by atoms with van der Waals surface area (Å²) in [7, 11) is 0. The monoisotopic (exact) mass is 310 g/mol. The molecule has 22 heavy (non-hydrogen) atoms. The molecule has 0 bridgehead atoms. The van der Waals surface area contributed by atoms with Gasteiger partial charge in [-0.15, -0.1) is 13.2 Å². The zero-order chi connectivity index (χ0) is 16.3. The molecule has 0 aliphatic heterocycles. The van der Waals surface area contributed by atoms with Crippen LogP contribution in [0.3, 0.4) is 0 Å². The minimum atomic E-state index is -4.79. The molecule has 2 aromatic rings. The molecule has 1 atom stereocenters. The van der Waals surface area contributed by atoms with E-state index in [-0.39, 0.29) is 11.3 Å². The zero-order valence-corrected chi connectivity index (χ0v) is 11.6. The molecule has 3 nitrogen and oxygen atoms in total. The smallest absolute Gasteiger partial charge is 0.481 e. The number of carboxylic acids is 1. The van der Waals surface area contributed by atoms with E-state index in [1.165, 1.54) is 25.1 Å². The van der Waals surface area contributed by atoms with Crippen LogP contribution in [0.2, 0.25) is 0 Å². The molecule has 1 N–H and O–H groups in total. The van der Waals surface area contributed by atoms with Crippen LogP contribution in [0.4, 0.5) is 13.2 Å². The third-order valence-corrected chi connectivity index (χ3v) is 3.18. The van der Waals surface area contributed by atoms with Crippen LogP contribution in [0, 0.1) is 0 Å². The quantitative estimate of drug-likeness (QED) is 0.908. The van der Waals surface area contributed by atoms with Crippen LogP contribution in [0.25, 0.3) is 11.1 Å². The number of carbonyl (C=O) groups is 1. The van der Waals surface area contributed by atoms with E-state index in [9.17, 15) is 18.0 Å². The molecule has 0 aliphatic rings. The molecule has 0 saturated carbocycles. The van der Waals surface area contributed by atoms with Gasteiger partial charge in [0.1, 0.15) is 5.75 Å². The van der Waals surface area contributed by atoms with Crippen LogP contribution in [-0.4, -0.2) is 17.4 Å². The van der Waals surface area contributed by atoms with Crippen molar-refractivity contribution in [1.82, 2.24) is 0 Å². The number of para-hydroxylation sites is 1. The number of hydrogen-bond acceptors (Lipinski definition) is 2. The van der Waals surface area contributed by atoms with Gasteiger partial charge in [0.2, 0.25) is 0 Å². The summed E-state index contributed by atoms with van der Waals surface area (Å²) >= 11 is 0. The lowest BCUT2D eigenvalue weighted by Gasteiger charge is -2.14. The maximum atomic E-state index is 12.5. The van der Waals surface area contributed by atoms with E-state index in [2.05, 4.69) is 4.74 Å². The minimum Gasteiger partial charge on any atom is -0.481 e. The van der Waals surface area contributed by atoms with Crippen LogP contribution >= 0.6 is 0 Å². The molecule has 0 saturated heterocycles. The maximum absolute atomic E-state index is 12.5. The van der Waals surface area contributed by atoms with E-state index >= 15 is 0 Å². The van der Waals surface area contributed by atoms with Crippen molar-refractivity contribution in [2.75, 3.05) is 0 Å². The predicted octanol–water partition coefficient (Wildman–Crippen LogP) is 4.44. The van der Waals surface area contributed by atoms with Gasteiger partial charge in [-0.2, -0.15) is 0 Å². The molecule has 0 spiro atoms. The first-order valence-corrected chi connectivity index (χ1v) is 6.46. The first-order chi connectivity index (χ1) is 10.3. The molecule has 6 heteroatoms. The Kier molecular flexibility index (Phi) is 4.40. The Hall–Kier alpha value is -2.50. The third-order valence-electron chi connectivity index (χ3n) is 3.18. The van der Waals surface area contributed by atoms with Crippen molar-refractivity contribution in [1.29, 1.82) is 0 Å². The Labute approximate surface area is 125 Å². The van der Waals surface area contributed by atoms with Crippen molar-refractivity contribution in [2.45, 2.75) is 19.2 Å². The van der Waals surface area contributed by atoms with Crippen LogP contribution in [0.1, 0.15) is 18.4 Å². The van der Waals surface area contributed by atoms with Crippen LogP contribution < -0.4 is 4.74 Å². The number of aliphatic carboxylic acids is 1. The van der Waals surface area contributed by atoms with Crippen molar-refractivity contribution < 1.29 is 27.8 Å². The molecule has 1 unspecified atom stereocenters. The molecule has 116 valence electrons. The summed E-state index contributed by atoms with van der Waals surface area (Å²) in [6.07, 6.45) is -4.79. The fourth-order valence-electron chi connectivity index (χ4n) is 2.04. The van der Waals surface area contributed by atoms with Crippen molar-refractivity contribution in [3.8, 4) is 16.9 Å². The maximum Gasteiger partial charge on any atom is 0.573 e. The second-order valence-electron chi connectivity index (χ2n) is 4.73. The average Bonchev–Trinajstić information content (AvgIpc) is 2.45. The van der Waals surface area contributed by atoms with Crippen molar-refractivity contribution in [2.24, 2.45) is 0 Å². The molecule has 0 aromatic heterocycles. The second kappa shape index (κ2) is 6.09. The van der Waals surface area contributed by atoms with Crippen LogP contribution in [-0.2, 0) is 4.79 Å². The van der Waals surface area contributed by atoms with Crippen molar-refractivity contribution >= 4 is 5.97 Å². The Morgan fingerprint density at radius 2 is 1.82 bits per heavy atom. The normalized spacial score (nSPS) is 12.7. The SMILES string of the molecule is CC(C(=O)O)c1cccc(-c2ccccc2OC(F)(F)F)c1. The van der Waals surface area contributed by atoms with Gasteiger partial charge in [0.15, 0.2) is 0 Å². The summed E-state index contributed by atoms with van der Waals surface area (Å²) in [6.45, 7) is 1.51. The van der Waals surface area contributed by atoms with Gasteiger partial charge < -0.3 is 9.84 Å². The molecule has 0 amide bonds. The molecule has 0 radical (unpaired) electrons. The lowest BCUT2D eigenvalue weighted by Crippen LogP contribution is -2.17. The van der Waals surface area contributed by atoms with Crippen LogP contribution in [0.15, 0.2) is 48.5 Å². The fraction of sp³-hybridized carbons (Fsp3) is 0.188. The third kappa shape index (κ3) is 3.78. The average molecular weight is 310 g/mol. The lowest BCUT2D eigenvalue weighted by molar-refractivity contribution is -0.274. The number of alkyl halides is 3. The van der Waals surface area contributed by atoms with E-state index in [1.807, 2.05) is 0 Å². The topological polar surface area (TPSA) is 46.5 Å². The summed E-state index contributed by atoms with van der Waals surface area (Å²) in [4.78, 5) is 11.0. The molecule has 0 fully saturated rings. The first kappa shape index (κ1) is 15.9. The molecule has 0 heterocycles. The summed E-state index contributed by atoms with van der Waals surface area (Å²) in [6, 6.07) is 12.1. The Balaban J connectivity index is 2.44. The Morgan fingerprint density at radius 1 is 1.14 bits per heavy atom. The highest BCUT2D eigenvalue weighted by Gasteiger charge is 2.32. The van der Waals surface area contributed by atoms with Gasteiger partial charge in [-0.3, -0.25) is 4.79 Å². The number of halogens is 3. The summed E-state index contributed by atoms with van der Waals surface area (Å²) in [5.41, 5.74) is 1.22. The summed E-state index contributed by atoms with van der Waals surface area (Å²) in [5.74, 6) is -2.08. The molecular weight excluding hydrogens is 297 g/mol. The lowest BCUT2D eigenvalue weighted by atomic mass is 9.96. The highest BCUT2D eigenvalue weighted by atomic mass is 19.4. The van der Waals surface area contributed by atoms with Gasteiger partial charge in [0, 0.05) is 5.56 Å². The van der Waals surface area contributed by atoms with E-state index in [0.29, 0.717) is 11.1 Å². The Morgan fingerprint density at radius 3 is 2.45 bits per heavy atom. The largest absolute Gasteiger partial charge is 0.573 e. The standard InChI is InChI=1S/C16H13F3O3/c1-10(15(20)21)11-5-4-6-12(9-11)13-7-2-3-8-14(13)22-16(17,18)19/h2-10H,1H3,(H,20,21). The van der Waals surface area contributed by atoms with E-state index in [4.69, 9.17) is 5.11 Å². The minimum absolute atomic E-state index is 0.249. The number of hydrogen-bond donors (Lipinski definition) is 1. The van der Waals surface area contributed by atoms with Crippen molar-refractivity contribution in [3.05, 3.63) is 54.1 Å². The number of carboxylic acid groups (broad SMARTS) is 1. The van der Waals surface area contributed by atoms with Gasteiger partial charge in [-0.05, 0) is 24.1 Å². The zero-order valence-electron chi connectivity index (χ0n) is 11.6. The molecule has 2 aromatic carbocycles. The van der Waals surface area contributed by atoms with Gasteiger partial charge in [0.05, 0.1) is 5.92 Å². The van der Waals surface area contributed by atoms with E-state index in [1.54, 1.807) is 30.3 Å². The van der Waals surface area contributed by atoms with Gasteiger partial charge in [-0.1, -0.05) is 42.5 Å². The summed E-state index contributed by atoms with van der Waals surface area (Å²) in [5, 5.41) is 9.03. The van der Waals surface area contributed by atoms with Crippen molar-refractivity contribution in [3.63, 3.8) is 0 Å². The highest BCUT2D eigenvalue weighted by Crippen LogP contribution is 2.34. The Bertz CT molecular complexity index is 680. The highest BCUT2D eigenvalue weighted by molar-refractivity contribution is 5.77. The number of rotatable bonds is 4. The number of benzene rings is 2. The van der Waals surface area contributed by atoms with E-state index in [0.717, 1.165) is 0 Å². The molecule has 2 rings (SSSR count). The van der Waals surface area contributed by atoms with Gasteiger partial charge >= 0.3 is 12.3 Å². The number of ether oxygens (including phenoxy) is 1. The fourth-order valence-corrected chi connectivity index (χ4v) is 2.04. The van der Waals surface area contributed by atoms with Gasteiger partial charge in [-0.25, -0.2) is 0 Å². The predicted molar refractivity (Wildman–Crippen MR) is 74.6 cm³/mol.